The first-order valence-electron chi connectivity index (χ1n) is 3.28. The van der Waals surface area contributed by atoms with Gasteiger partial charge >= 0.3 is 0 Å². The Balaban J connectivity index is 2.76. The van der Waals surface area contributed by atoms with E-state index in [2.05, 4.69) is 26.1 Å². The molecule has 0 aliphatic carbocycles. The number of rotatable bonds is 2. The maximum Gasteiger partial charge on any atom is 0.143 e. The normalized spacial score (nSPS) is 11.6. The highest BCUT2D eigenvalue weighted by atomic mass is 79.9. The lowest BCUT2D eigenvalue weighted by Gasteiger charge is -1.98. The van der Waals surface area contributed by atoms with E-state index in [1.165, 1.54) is 0 Å². The fraction of sp³-hybridized carbons (Fsp3) is 0.143. The van der Waals surface area contributed by atoms with Gasteiger partial charge in [0.2, 0.25) is 0 Å². The predicted octanol–water partition coefficient (Wildman–Crippen LogP) is 1.13. The molecule has 1 rings (SSSR count). The zero-order valence-electron chi connectivity index (χ0n) is 6.24. The Morgan fingerprint density at radius 3 is 3.00 bits per heavy atom. The van der Waals surface area contributed by atoms with Gasteiger partial charge in [0.05, 0.1) is 0 Å². The molecule has 0 amide bonds. The van der Waals surface area contributed by atoms with Crippen LogP contribution in [0.15, 0.2) is 28.1 Å². The minimum absolute atomic E-state index is 0.176. The van der Waals surface area contributed by atoms with Gasteiger partial charge in [0, 0.05) is 23.3 Å². The topological polar surface area (TPSA) is 71.5 Å². The first-order chi connectivity index (χ1) is 5.72. The Labute approximate surface area is 78.2 Å². The molecule has 0 aromatic carbocycles. The summed E-state index contributed by atoms with van der Waals surface area (Å²) in [7, 11) is 0. The molecule has 0 radical (unpaired) electrons. The SMILES string of the molecule is N/C(Cc1cncc(Br)c1)=N/O. The maximum atomic E-state index is 8.30. The molecule has 12 heavy (non-hydrogen) atoms. The molecule has 0 aliphatic heterocycles. The highest BCUT2D eigenvalue weighted by Gasteiger charge is 1.97. The van der Waals surface area contributed by atoms with Gasteiger partial charge in [-0.2, -0.15) is 0 Å². The largest absolute Gasteiger partial charge is 0.409 e. The van der Waals surface area contributed by atoms with E-state index in [9.17, 15) is 0 Å². The average molecular weight is 230 g/mol. The third-order valence-corrected chi connectivity index (χ3v) is 1.71. The molecular formula is C7H8BrN3O. The predicted molar refractivity (Wildman–Crippen MR) is 49.0 cm³/mol. The lowest BCUT2D eigenvalue weighted by molar-refractivity contribution is 0.317. The highest BCUT2D eigenvalue weighted by Crippen LogP contribution is 2.09. The summed E-state index contributed by atoms with van der Waals surface area (Å²) in [5.74, 6) is 0.176. The van der Waals surface area contributed by atoms with Gasteiger partial charge in [-0.3, -0.25) is 4.98 Å². The Kier molecular flexibility index (Phi) is 3.04. The van der Waals surface area contributed by atoms with Crippen LogP contribution in [0.25, 0.3) is 0 Å². The van der Waals surface area contributed by atoms with Crippen molar-refractivity contribution in [3.05, 3.63) is 28.5 Å². The molecule has 64 valence electrons. The molecule has 4 nitrogen and oxygen atoms in total. The number of nitrogens with zero attached hydrogens (tertiary/aromatic N) is 2. The summed E-state index contributed by atoms with van der Waals surface area (Å²) in [6.07, 6.45) is 3.75. The number of halogens is 1. The van der Waals surface area contributed by atoms with Gasteiger partial charge in [-0.05, 0) is 27.6 Å². The van der Waals surface area contributed by atoms with Gasteiger partial charge in [0.25, 0.3) is 0 Å². The van der Waals surface area contributed by atoms with Crippen LogP contribution < -0.4 is 5.73 Å². The lowest BCUT2D eigenvalue weighted by atomic mass is 10.2. The second kappa shape index (κ2) is 4.06. The number of nitrogens with two attached hydrogens (primary N) is 1. The van der Waals surface area contributed by atoms with Crippen LogP contribution in [0, 0.1) is 0 Å². The molecule has 0 saturated carbocycles. The third-order valence-electron chi connectivity index (χ3n) is 1.28. The molecule has 0 fully saturated rings. The molecule has 1 heterocycles. The van der Waals surface area contributed by atoms with Gasteiger partial charge in [-0.25, -0.2) is 0 Å². The summed E-state index contributed by atoms with van der Waals surface area (Å²) >= 11 is 3.27. The van der Waals surface area contributed by atoms with Crippen molar-refractivity contribution in [3.8, 4) is 0 Å². The van der Waals surface area contributed by atoms with E-state index in [0.717, 1.165) is 10.0 Å². The highest BCUT2D eigenvalue weighted by molar-refractivity contribution is 9.10. The number of pyridine rings is 1. The Hall–Kier alpha value is -1.10. The molecule has 1 aromatic rings. The minimum Gasteiger partial charge on any atom is -0.409 e. The molecule has 1 aromatic heterocycles. The summed E-state index contributed by atoms with van der Waals surface area (Å²) in [5.41, 5.74) is 6.21. The lowest BCUT2D eigenvalue weighted by Crippen LogP contribution is -2.14. The van der Waals surface area contributed by atoms with Crippen molar-refractivity contribution in [2.24, 2.45) is 10.9 Å². The van der Waals surface area contributed by atoms with E-state index in [1.807, 2.05) is 6.07 Å². The van der Waals surface area contributed by atoms with Crippen LogP contribution in [-0.4, -0.2) is 16.0 Å². The van der Waals surface area contributed by atoms with Gasteiger partial charge in [0.15, 0.2) is 0 Å². The quantitative estimate of drug-likeness (QED) is 0.346. The van der Waals surface area contributed by atoms with E-state index < -0.39 is 0 Å². The van der Waals surface area contributed by atoms with E-state index in [0.29, 0.717) is 6.42 Å². The van der Waals surface area contributed by atoms with E-state index >= 15 is 0 Å². The van der Waals surface area contributed by atoms with Crippen LogP contribution >= 0.6 is 15.9 Å². The summed E-state index contributed by atoms with van der Waals surface area (Å²) in [4.78, 5) is 3.93. The number of amidine groups is 1. The van der Waals surface area contributed by atoms with Gasteiger partial charge in [-0.1, -0.05) is 5.16 Å². The Bertz CT molecular complexity index is 300. The monoisotopic (exact) mass is 229 g/mol. The molecule has 0 unspecified atom stereocenters. The van der Waals surface area contributed by atoms with Crippen LogP contribution in [0.5, 0.6) is 0 Å². The minimum atomic E-state index is 0.176. The fourth-order valence-corrected chi connectivity index (χ4v) is 1.21. The fourth-order valence-electron chi connectivity index (χ4n) is 0.797. The van der Waals surface area contributed by atoms with Gasteiger partial charge in [0.1, 0.15) is 5.84 Å². The van der Waals surface area contributed by atoms with Crippen molar-refractivity contribution < 1.29 is 5.21 Å². The van der Waals surface area contributed by atoms with Crippen LogP contribution in [0.3, 0.4) is 0 Å². The van der Waals surface area contributed by atoms with E-state index in [-0.39, 0.29) is 5.84 Å². The molecular weight excluding hydrogens is 222 g/mol. The smallest absolute Gasteiger partial charge is 0.143 e. The summed E-state index contributed by atoms with van der Waals surface area (Å²) in [6.45, 7) is 0. The number of hydrogen-bond acceptors (Lipinski definition) is 3. The van der Waals surface area contributed by atoms with Gasteiger partial charge in [-0.15, -0.1) is 0 Å². The first-order valence-corrected chi connectivity index (χ1v) is 4.07. The molecule has 0 atom stereocenters. The maximum absolute atomic E-state index is 8.30. The molecule has 0 aliphatic rings. The zero-order valence-corrected chi connectivity index (χ0v) is 7.82. The standard InChI is InChI=1S/C7H8BrN3O/c8-6-1-5(3-10-4-6)2-7(9)11-12/h1,3-4,12H,2H2,(H2,9,11). The Morgan fingerprint density at radius 2 is 2.42 bits per heavy atom. The van der Waals surface area contributed by atoms with Crippen LogP contribution in [-0.2, 0) is 6.42 Å². The molecule has 3 N–H and O–H groups in total. The molecule has 0 spiro atoms. The number of oxime groups is 1. The average Bonchev–Trinajstić information content (AvgIpc) is 2.04. The van der Waals surface area contributed by atoms with E-state index in [4.69, 9.17) is 10.9 Å². The van der Waals surface area contributed by atoms with Crippen LogP contribution in [0.1, 0.15) is 5.56 Å². The second-order valence-electron chi connectivity index (χ2n) is 2.28. The Morgan fingerprint density at radius 1 is 1.67 bits per heavy atom. The first kappa shape index (κ1) is 8.99. The van der Waals surface area contributed by atoms with Crippen LogP contribution in [0.2, 0.25) is 0 Å². The van der Waals surface area contributed by atoms with Crippen LogP contribution in [0.4, 0.5) is 0 Å². The van der Waals surface area contributed by atoms with Crippen molar-refractivity contribution in [1.82, 2.24) is 4.98 Å². The number of aromatic nitrogens is 1. The zero-order chi connectivity index (χ0) is 8.97. The summed E-state index contributed by atoms with van der Waals surface area (Å²) in [6, 6.07) is 1.87. The van der Waals surface area contributed by atoms with Crippen molar-refractivity contribution in [3.63, 3.8) is 0 Å². The molecule has 5 heteroatoms. The van der Waals surface area contributed by atoms with Crippen molar-refractivity contribution >= 4 is 21.8 Å². The summed E-state index contributed by atoms with van der Waals surface area (Å²) < 4.78 is 0.880. The number of hydrogen-bond donors (Lipinski definition) is 2. The van der Waals surface area contributed by atoms with Crippen molar-refractivity contribution in [1.29, 1.82) is 0 Å². The molecule has 0 bridgehead atoms. The second-order valence-corrected chi connectivity index (χ2v) is 3.20. The summed E-state index contributed by atoms with van der Waals surface area (Å²) in [5, 5.41) is 11.2. The van der Waals surface area contributed by atoms with Crippen molar-refractivity contribution in [2.75, 3.05) is 0 Å². The third kappa shape index (κ3) is 2.50. The molecule has 0 saturated heterocycles. The van der Waals surface area contributed by atoms with Crippen molar-refractivity contribution in [2.45, 2.75) is 6.42 Å². The van der Waals surface area contributed by atoms with Gasteiger partial charge < -0.3 is 10.9 Å². The van der Waals surface area contributed by atoms with E-state index in [1.54, 1.807) is 12.4 Å².